The third-order valence-electron chi connectivity index (χ3n) is 12.4. The molecule has 0 rings (SSSR count). The molecule has 0 saturated carbocycles. The van der Waals surface area contributed by atoms with Crippen molar-refractivity contribution in [3.8, 4) is 0 Å². The lowest BCUT2D eigenvalue weighted by Gasteiger charge is -2.18. The zero-order valence-electron chi connectivity index (χ0n) is 45.3. The van der Waals surface area contributed by atoms with Crippen LogP contribution in [0.3, 0.4) is 0 Å². The molecule has 0 aliphatic rings. The molecule has 0 radical (unpaired) electrons. The molecule has 0 aliphatic carbocycles. The van der Waals surface area contributed by atoms with Crippen LogP contribution in [0.2, 0.25) is 0 Å². The van der Waals surface area contributed by atoms with Crippen molar-refractivity contribution in [1.82, 2.24) is 0 Å². The van der Waals surface area contributed by atoms with Crippen LogP contribution in [-0.4, -0.2) is 37.2 Å². The molecule has 0 saturated heterocycles. The molecule has 6 heteroatoms. The van der Waals surface area contributed by atoms with Crippen LogP contribution in [-0.2, 0) is 28.6 Å². The van der Waals surface area contributed by atoms with Crippen LogP contribution in [0.25, 0.3) is 0 Å². The molecule has 0 fully saturated rings. The smallest absolute Gasteiger partial charge is 0.306 e. The summed E-state index contributed by atoms with van der Waals surface area (Å²) in [4.78, 5) is 37.8. The lowest BCUT2D eigenvalue weighted by Crippen LogP contribution is -2.30. The zero-order valence-corrected chi connectivity index (χ0v) is 45.3. The van der Waals surface area contributed by atoms with Crippen molar-refractivity contribution in [2.24, 2.45) is 0 Å². The number of allylic oxidation sites excluding steroid dienone is 14. The van der Waals surface area contributed by atoms with Crippen molar-refractivity contribution in [1.29, 1.82) is 0 Å². The molecule has 0 amide bonds. The number of esters is 3. The molecule has 0 aromatic carbocycles. The van der Waals surface area contributed by atoms with Gasteiger partial charge in [0.15, 0.2) is 6.10 Å². The van der Waals surface area contributed by atoms with Gasteiger partial charge in [0, 0.05) is 19.3 Å². The van der Waals surface area contributed by atoms with Crippen molar-refractivity contribution in [3.05, 3.63) is 85.1 Å². The number of rotatable bonds is 52. The number of carbonyl (C=O) groups excluding carboxylic acids is 3. The minimum Gasteiger partial charge on any atom is -0.462 e. The van der Waals surface area contributed by atoms with Crippen LogP contribution in [0, 0.1) is 0 Å². The molecule has 396 valence electrons. The first-order chi connectivity index (χ1) is 34.0. The van der Waals surface area contributed by atoms with Crippen LogP contribution < -0.4 is 0 Å². The Morgan fingerprint density at radius 2 is 0.565 bits per heavy atom. The number of unbranched alkanes of at least 4 members (excludes halogenated alkanes) is 27. The van der Waals surface area contributed by atoms with E-state index in [0.29, 0.717) is 19.3 Å². The molecule has 0 N–H and O–H groups in total. The quantitative estimate of drug-likeness (QED) is 0.0262. The predicted molar refractivity (Wildman–Crippen MR) is 297 cm³/mol. The van der Waals surface area contributed by atoms with Gasteiger partial charge in [-0.15, -0.1) is 0 Å². The van der Waals surface area contributed by atoms with Crippen molar-refractivity contribution >= 4 is 17.9 Å². The maximum Gasteiger partial charge on any atom is 0.306 e. The van der Waals surface area contributed by atoms with E-state index in [9.17, 15) is 14.4 Å². The monoisotopic (exact) mass is 961 g/mol. The molecule has 0 bridgehead atoms. The Bertz CT molecular complexity index is 1330. The first-order valence-corrected chi connectivity index (χ1v) is 29.1. The summed E-state index contributed by atoms with van der Waals surface area (Å²) in [6.07, 6.45) is 74.9. The molecule has 0 heterocycles. The first-order valence-electron chi connectivity index (χ1n) is 29.1. The Labute approximate surface area is 426 Å². The molecule has 0 spiro atoms. The van der Waals surface area contributed by atoms with Gasteiger partial charge < -0.3 is 14.2 Å². The van der Waals surface area contributed by atoms with Gasteiger partial charge in [-0.1, -0.05) is 247 Å². The van der Waals surface area contributed by atoms with Crippen molar-refractivity contribution in [2.45, 2.75) is 284 Å². The number of ether oxygens (including phenoxy) is 3. The summed E-state index contributed by atoms with van der Waals surface area (Å²) in [5, 5.41) is 0. The molecular weight excluding hydrogens is 853 g/mol. The van der Waals surface area contributed by atoms with Gasteiger partial charge in [-0.05, 0) is 96.3 Å². The minimum absolute atomic E-state index is 0.0862. The van der Waals surface area contributed by atoms with E-state index in [0.717, 1.165) is 116 Å². The highest BCUT2D eigenvalue weighted by atomic mass is 16.6. The van der Waals surface area contributed by atoms with Gasteiger partial charge in [-0.2, -0.15) is 0 Å². The van der Waals surface area contributed by atoms with Crippen LogP contribution in [0.15, 0.2) is 85.1 Å². The zero-order chi connectivity index (χ0) is 50.0. The second-order valence-electron chi connectivity index (χ2n) is 19.2. The Morgan fingerprint density at radius 3 is 0.884 bits per heavy atom. The van der Waals surface area contributed by atoms with Crippen LogP contribution >= 0.6 is 0 Å². The second kappa shape index (κ2) is 57.2. The average Bonchev–Trinajstić information content (AvgIpc) is 3.35. The molecular formula is C63H108O6. The summed E-state index contributed by atoms with van der Waals surface area (Å²) in [6.45, 7) is 6.42. The molecule has 1 unspecified atom stereocenters. The SMILES string of the molecule is CC/C=C\C/C=C\C/C=C\C/C=C\CCCCCCC(=O)OC(COC(=O)CCCCCCC)COC(=O)CCCCCCCCCCCCCCCC/C=C\C/C=C\C/C=C\CCCCCCC. The normalized spacial score (nSPS) is 12.7. The van der Waals surface area contributed by atoms with Crippen LogP contribution in [0.1, 0.15) is 278 Å². The fourth-order valence-electron chi connectivity index (χ4n) is 8.03. The largest absolute Gasteiger partial charge is 0.462 e. The summed E-state index contributed by atoms with van der Waals surface area (Å²) < 4.78 is 16.7. The third kappa shape index (κ3) is 55.4. The fourth-order valence-corrected chi connectivity index (χ4v) is 8.03. The molecule has 0 aromatic heterocycles. The fraction of sp³-hybridized carbons (Fsp3) is 0.730. The van der Waals surface area contributed by atoms with Gasteiger partial charge in [-0.3, -0.25) is 14.4 Å². The molecule has 69 heavy (non-hydrogen) atoms. The standard InChI is InChI=1S/C63H108O6/c1-4-7-10-13-15-17-19-21-23-25-26-27-28-29-30-31-32-33-34-35-36-38-39-41-43-45-47-50-53-56-62(65)68-59-60(58-67-61(64)55-52-49-12-9-6-3)69-63(66)57-54-51-48-46-44-42-40-37-24-22-20-18-16-14-11-8-5-2/h8,11,16,18-19,21-22,24-26,28-29,40,42,60H,4-7,9-10,12-15,17,20,23,27,30-39,41,43-59H2,1-3H3/b11-8-,18-16-,21-19-,24-22-,26-25-,29-28-,42-40-. The summed E-state index contributed by atoms with van der Waals surface area (Å²) in [5.74, 6) is -0.921. The summed E-state index contributed by atoms with van der Waals surface area (Å²) >= 11 is 0. The predicted octanol–water partition coefficient (Wildman–Crippen LogP) is 19.5. The van der Waals surface area contributed by atoms with E-state index in [4.69, 9.17) is 14.2 Å². The topological polar surface area (TPSA) is 78.9 Å². The van der Waals surface area contributed by atoms with Gasteiger partial charge in [0.2, 0.25) is 0 Å². The summed E-state index contributed by atoms with van der Waals surface area (Å²) in [5.41, 5.74) is 0. The highest BCUT2D eigenvalue weighted by molar-refractivity contribution is 5.71. The Hall–Kier alpha value is -3.41. The third-order valence-corrected chi connectivity index (χ3v) is 12.4. The van der Waals surface area contributed by atoms with Gasteiger partial charge in [-0.25, -0.2) is 0 Å². The second-order valence-corrected chi connectivity index (χ2v) is 19.2. The first kappa shape index (κ1) is 65.6. The van der Waals surface area contributed by atoms with Gasteiger partial charge in [0.1, 0.15) is 13.2 Å². The van der Waals surface area contributed by atoms with E-state index in [-0.39, 0.29) is 31.1 Å². The lowest BCUT2D eigenvalue weighted by atomic mass is 10.0. The van der Waals surface area contributed by atoms with Crippen LogP contribution in [0.5, 0.6) is 0 Å². The number of carbonyl (C=O) groups is 3. The van der Waals surface area contributed by atoms with E-state index in [1.807, 2.05) is 0 Å². The summed E-state index contributed by atoms with van der Waals surface area (Å²) in [7, 11) is 0. The Balaban J connectivity index is 4.05. The van der Waals surface area contributed by atoms with Crippen molar-refractivity contribution in [3.63, 3.8) is 0 Å². The Morgan fingerprint density at radius 1 is 0.304 bits per heavy atom. The maximum atomic E-state index is 12.8. The van der Waals surface area contributed by atoms with E-state index in [2.05, 4.69) is 106 Å². The number of hydrogen-bond donors (Lipinski definition) is 0. The highest BCUT2D eigenvalue weighted by Gasteiger charge is 2.19. The maximum absolute atomic E-state index is 12.8. The van der Waals surface area contributed by atoms with Crippen molar-refractivity contribution < 1.29 is 28.6 Å². The van der Waals surface area contributed by atoms with Gasteiger partial charge in [0.25, 0.3) is 0 Å². The van der Waals surface area contributed by atoms with E-state index in [1.54, 1.807) is 0 Å². The molecule has 0 aliphatic heterocycles. The summed E-state index contributed by atoms with van der Waals surface area (Å²) in [6, 6.07) is 0. The number of hydrogen-bond acceptors (Lipinski definition) is 6. The lowest BCUT2D eigenvalue weighted by molar-refractivity contribution is -0.167. The molecule has 0 aromatic rings. The molecule has 6 nitrogen and oxygen atoms in total. The average molecular weight is 962 g/mol. The molecule has 1 atom stereocenters. The van der Waals surface area contributed by atoms with Crippen LogP contribution in [0.4, 0.5) is 0 Å². The van der Waals surface area contributed by atoms with Gasteiger partial charge >= 0.3 is 17.9 Å². The van der Waals surface area contributed by atoms with Crippen molar-refractivity contribution in [2.75, 3.05) is 13.2 Å². The van der Waals surface area contributed by atoms with E-state index < -0.39 is 6.10 Å². The Kier molecular flexibility index (Phi) is 54.3. The highest BCUT2D eigenvalue weighted by Crippen LogP contribution is 2.15. The van der Waals surface area contributed by atoms with E-state index in [1.165, 1.54) is 122 Å². The minimum atomic E-state index is -0.786. The van der Waals surface area contributed by atoms with E-state index >= 15 is 0 Å². The van der Waals surface area contributed by atoms with Gasteiger partial charge in [0.05, 0.1) is 0 Å².